The van der Waals surface area contributed by atoms with Gasteiger partial charge >= 0.3 is 18.2 Å². The summed E-state index contributed by atoms with van der Waals surface area (Å²) in [5, 5.41) is 14.1. The first-order valence-corrected chi connectivity index (χ1v) is 15.9. The number of carboxylic acids is 1. The number of carboxylic acid groups (broad SMARTS) is 1. The molecule has 0 saturated carbocycles. The molecule has 4 aromatic rings. The van der Waals surface area contributed by atoms with Gasteiger partial charge in [0.25, 0.3) is 0 Å². The van der Waals surface area contributed by atoms with E-state index in [9.17, 15) is 28.0 Å². The van der Waals surface area contributed by atoms with Crippen molar-refractivity contribution >= 4 is 35.0 Å². The Morgan fingerprint density at radius 2 is 1.10 bits per heavy atom. The number of aliphatic carboxylic acids is 1. The third-order valence-corrected chi connectivity index (χ3v) is 7.61. The number of carbonyl (C=O) groups excluding carboxylic acids is 3. The highest BCUT2D eigenvalue weighted by Gasteiger charge is 2.22. The zero-order chi connectivity index (χ0) is 34.7. The molecule has 48 heavy (non-hydrogen) atoms. The quantitative estimate of drug-likeness (QED) is 0.143. The van der Waals surface area contributed by atoms with E-state index in [4.69, 9.17) is 14.6 Å². The van der Waals surface area contributed by atoms with Crippen LogP contribution in [0.4, 0.5) is 18.4 Å². The smallest absolute Gasteiger partial charge is 0.408 e. The summed E-state index contributed by atoms with van der Waals surface area (Å²) in [6, 6.07) is 28.8. The number of carbonyl (C=O) groups is 4. The molecule has 3 N–H and O–H groups in total. The third kappa shape index (κ3) is 14.0. The van der Waals surface area contributed by atoms with Crippen molar-refractivity contribution in [1.29, 1.82) is 0 Å². The van der Waals surface area contributed by atoms with Crippen LogP contribution in [0.2, 0.25) is 0 Å². The van der Waals surface area contributed by atoms with Crippen molar-refractivity contribution < 1.29 is 42.5 Å². The van der Waals surface area contributed by atoms with Crippen LogP contribution >= 0.6 is 11.8 Å². The zero-order valence-corrected chi connectivity index (χ0v) is 27.0. The molecule has 9 nitrogen and oxygen atoms in total. The number of ether oxygens (including phenoxy) is 2. The van der Waals surface area contributed by atoms with Gasteiger partial charge in [-0.2, -0.15) is 0 Å². The minimum absolute atomic E-state index is 0.0265. The zero-order valence-electron chi connectivity index (χ0n) is 26.1. The fourth-order valence-electron chi connectivity index (χ4n) is 4.22. The first-order valence-electron chi connectivity index (χ1n) is 14.9. The Kier molecular flexibility index (Phi) is 15.6. The van der Waals surface area contributed by atoms with E-state index in [-0.39, 0.29) is 42.6 Å². The second kappa shape index (κ2) is 20.1. The second-order valence-electron chi connectivity index (χ2n) is 10.4. The van der Waals surface area contributed by atoms with Crippen LogP contribution in [0, 0.1) is 11.6 Å². The minimum Gasteiger partial charge on any atom is -0.480 e. The summed E-state index contributed by atoms with van der Waals surface area (Å²) in [7, 11) is 0. The van der Waals surface area contributed by atoms with Gasteiger partial charge in [0, 0.05) is 25.1 Å². The molecule has 0 spiro atoms. The van der Waals surface area contributed by atoms with Gasteiger partial charge in [-0.15, -0.1) is 0 Å². The molecule has 0 saturated heterocycles. The second-order valence-corrected chi connectivity index (χ2v) is 11.6. The Morgan fingerprint density at radius 3 is 1.56 bits per heavy atom. The van der Waals surface area contributed by atoms with E-state index in [2.05, 4.69) is 10.6 Å². The Hall–Kier alpha value is -5.23. The van der Waals surface area contributed by atoms with Gasteiger partial charge in [0.2, 0.25) is 0 Å². The van der Waals surface area contributed by atoms with Crippen LogP contribution in [0.15, 0.2) is 109 Å². The lowest BCUT2D eigenvalue weighted by Crippen LogP contribution is -2.42. The third-order valence-electron chi connectivity index (χ3n) is 6.63. The van der Waals surface area contributed by atoms with E-state index in [1.54, 1.807) is 48.5 Å². The van der Waals surface area contributed by atoms with Gasteiger partial charge in [0.15, 0.2) is 5.12 Å². The Labute approximate surface area is 281 Å². The van der Waals surface area contributed by atoms with Crippen LogP contribution in [0.5, 0.6) is 0 Å². The van der Waals surface area contributed by atoms with Crippen molar-refractivity contribution in [2.24, 2.45) is 0 Å². The summed E-state index contributed by atoms with van der Waals surface area (Å²) >= 11 is 1.09. The lowest BCUT2D eigenvalue weighted by Gasteiger charge is -2.18. The minimum atomic E-state index is -1.27. The molecule has 0 aliphatic carbocycles. The number of halogens is 2. The maximum atomic E-state index is 13.8. The number of nitrogens with one attached hydrogen (secondary N) is 2. The van der Waals surface area contributed by atoms with Crippen molar-refractivity contribution in [1.82, 2.24) is 10.6 Å². The summed E-state index contributed by atoms with van der Waals surface area (Å²) in [6.07, 6.45) is -1.33. The molecule has 2 amide bonds. The van der Waals surface area contributed by atoms with Crippen LogP contribution in [-0.4, -0.2) is 46.2 Å². The van der Waals surface area contributed by atoms with Crippen LogP contribution < -0.4 is 10.6 Å². The predicted molar refractivity (Wildman–Crippen MR) is 178 cm³/mol. The number of alkyl carbamates (subject to hydrolysis) is 2. The maximum Gasteiger partial charge on any atom is 0.408 e. The molecule has 0 aliphatic rings. The fraction of sp³-hybridized carbons (Fsp3) is 0.222. The number of rotatable bonds is 13. The van der Waals surface area contributed by atoms with Gasteiger partial charge < -0.3 is 25.2 Å². The Morgan fingerprint density at radius 1 is 0.667 bits per heavy atom. The molecule has 0 fully saturated rings. The van der Waals surface area contributed by atoms with E-state index in [0.29, 0.717) is 11.3 Å². The van der Waals surface area contributed by atoms with Gasteiger partial charge in [-0.05, 0) is 40.8 Å². The monoisotopic (exact) mass is 678 g/mol. The first-order chi connectivity index (χ1) is 23.1. The lowest BCUT2D eigenvalue weighted by atomic mass is 10.1. The van der Waals surface area contributed by atoms with Crippen molar-refractivity contribution in [2.45, 2.75) is 45.1 Å². The normalized spacial score (nSPS) is 11.6. The highest BCUT2D eigenvalue weighted by atomic mass is 32.2. The maximum absolute atomic E-state index is 13.8. The molecule has 0 aromatic heterocycles. The molecule has 0 aliphatic heterocycles. The van der Waals surface area contributed by atoms with E-state index < -0.39 is 36.1 Å². The summed E-state index contributed by atoms with van der Waals surface area (Å²) in [4.78, 5) is 46.2. The molecular weight excluding hydrogens is 642 g/mol. The molecule has 252 valence electrons. The number of benzene rings is 4. The first kappa shape index (κ1) is 37.2. The van der Waals surface area contributed by atoms with E-state index in [0.717, 1.165) is 22.9 Å². The Bertz CT molecular complexity index is 1630. The molecule has 4 aromatic carbocycles. The molecule has 12 heteroatoms. The molecule has 2 atom stereocenters. The number of thioether (sulfide) groups is 1. The molecule has 0 bridgehead atoms. The van der Waals surface area contributed by atoms with Crippen LogP contribution in [0.1, 0.15) is 29.2 Å². The summed E-state index contributed by atoms with van der Waals surface area (Å²) < 4.78 is 37.6. The molecule has 0 heterocycles. The standard InChI is InChI=1S/C19H20FNO3S.C17H16FNO4/c1-14(22)25-13-17(11-16-9-5-6-10-18(16)20)21-19(23)24-12-15-7-3-2-4-8-15;18-14-9-5-4-8-13(14)10-15(16(20)21)19-17(22)23-11-12-6-2-1-3-7-12/h2-10,17H,11-13H2,1H3,(H,21,23);1-9,15H,10-11H2,(H,19,22)(H,20,21)/t17-;15-/m11/s1. The number of amides is 2. The van der Waals surface area contributed by atoms with Gasteiger partial charge in [0.05, 0.1) is 0 Å². The Balaban J connectivity index is 0.000000261. The topological polar surface area (TPSA) is 131 Å². The summed E-state index contributed by atoms with van der Waals surface area (Å²) in [6.45, 7) is 1.64. The lowest BCUT2D eigenvalue weighted by molar-refractivity contribution is -0.139. The van der Waals surface area contributed by atoms with Gasteiger partial charge in [-0.1, -0.05) is 109 Å². The average Bonchev–Trinajstić information content (AvgIpc) is 3.08. The highest BCUT2D eigenvalue weighted by molar-refractivity contribution is 8.13. The predicted octanol–water partition coefficient (Wildman–Crippen LogP) is 6.69. The van der Waals surface area contributed by atoms with E-state index in [1.807, 2.05) is 36.4 Å². The van der Waals surface area contributed by atoms with Crippen molar-refractivity contribution in [3.63, 3.8) is 0 Å². The van der Waals surface area contributed by atoms with Crippen LogP contribution in [-0.2, 0) is 45.1 Å². The van der Waals surface area contributed by atoms with Crippen LogP contribution in [0.25, 0.3) is 0 Å². The highest BCUT2D eigenvalue weighted by Crippen LogP contribution is 2.14. The summed E-state index contributed by atoms with van der Waals surface area (Å²) in [5.41, 5.74) is 2.35. The van der Waals surface area contributed by atoms with Gasteiger partial charge in [-0.3, -0.25) is 4.79 Å². The molecule has 0 unspecified atom stereocenters. The largest absolute Gasteiger partial charge is 0.480 e. The fourth-order valence-corrected chi connectivity index (χ4v) is 4.86. The molecule has 0 radical (unpaired) electrons. The summed E-state index contributed by atoms with van der Waals surface area (Å²) in [5.74, 6) is -1.76. The molecular formula is C36H36F2N2O7S. The van der Waals surface area contributed by atoms with E-state index >= 15 is 0 Å². The van der Waals surface area contributed by atoms with Crippen molar-refractivity contribution in [3.8, 4) is 0 Å². The average molecular weight is 679 g/mol. The van der Waals surface area contributed by atoms with Crippen molar-refractivity contribution in [3.05, 3.63) is 143 Å². The number of hydrogen-bond donors (Lipinski definition) is 3. The van der Waals surface area contributed by atoms with Crippen LogP contribution in [0.3, 0.4) is 0 Å². The molecule has 4 rings (SSSR count). The number of hydrogen-bond acceptors (Lipinski definition) is 7. The van der Waals surface area contributed by atoms with E-state index in [1.165, 1.54) is 31.2 Å². The van der Waals surface area contributed by atoms with Crippen molar-refractivity contribution in [2.75, 3.05) is 5.75 Å². The SMILES string of the molecule is CC(=O)SC[C@@H](Cc1ccccc1F)NC(=O)OCc1ccccc1.O=C(N[C@H](Cc1ccccc1F)C(=O)O)OCc1ccccc1. The van der Waals surface area contributed by atoms with Gasteiger partial charge in [0.1, 0.15) is 30.9 Å². The van der Waals surface area contributed by atoms with Gasteiger partial charge in [-0.25, -0.2) is 23.2 Å².